The van der Waals surface area contributed by atoms with Gasteiger partial charge in [0.1, 0.15) is 4.60 Å². The molecule has 0 radical (unpaired) electrons. The summed E-state index contributed by atoms with van der Waals surface area (Å²) in [6.07, 6.45) is 1.87. The summed E-state index contributed by atoms with van der Waals surface area (Å²) in [6, 6.07) is 2.17. The highest BCUT2D eigenvalue weighted by molar-refractivity contribution is 9.10. The molecule has 0 spiro atoms. The minimum atomic E-state index is 0.539. The van der Waals surface area contributed by atoms with E-state index in [9.17, 15) is 0 Å². The van der Waals surface area contributed by atoms with Crippen LogP contribution in [0.3, 0.4) is 0 Å². The van der Waals surface area contributed by atoms with Gasteiger partial charge in [0.2, 0.25) is 0 Å². The molecule has 11 heavy (non-hydrogen) atoms. The summed E-state index contributed by atoms with van der Waals surface area (Å²) in [4.78, 5) is 4.22. The molecule has 1 aromatic rings. The van der Waals surface area contributed by atoms with Crippen molar-refractivity contribution in [2.24, 2.45) is 0 Å². The average Bonchev–Trinajstić information content (AvgIpc) is 1.94. The molecule has 0 saturated carbocycles. The van der Waals surface area contributed by atoms with E-state index in [1.54, 1.807) is 0 Å². The van der Waals surface area contributed by atoms with Crippen molar-refractivity contribution in [2.45, 2.75) is 26.7 Å². The van der Waals surface area contributed by atoms with Gasteiger partial charge in [0, 0.05) is 6.20 Å². The molecule has 1 nitrogen and oxygen atoms in total. The Balaban J connectivity index is 3.13. The molecule has 0 bridgehead atoms. The van der Waals surface area contributed by atoms with Gasteiger partial charge in [-0.3, -0.25) is 0 Å². The first-order valence-electron chi connectivity index (χ1n) is 3.73. The number of rotatable bonds is 1. The van der Waals surface area contributed by atoms with Gasteiger partial charge >= 0.3 is 0 Å². The molecule has 1 aromatic heterocycles. The van der Waals surface area contributed by atoms with Gasteiger partial charge in [-0.1, -0.05) is 19.9 Å². The molecule has 60 valence electrons. The third-order valence-electron chi connectivity index (χ3n) is 1.62. The maximum absolute atomic E-state index is 4.22. The van der Waals surface area contributed by atoms with Crippen LogP contribution in [0, 0.1) is 6.92 Å². The smallest absolute Gasteiger partial charge is 0.109 e. The maximum Gasteiger partial charge on any atom is 0.109 e. The fourth-order valence-electron chi connectivity index (χ4n) is 0.980. The highest BCUT2D eigenvalue weighted by atomic mass is 79.9. The van der Waals surface area contributed by atoms with Gasteiger partial charge in [-0.15, -0.1) is 0 Å². The molecular weight excluding hydrogens is 202 g/mol. The van der Waals surface area contributed by atoms with Crippen LogP contribution in [0.25, 0.3) is 0 Å². The molecule has 0 aliphatic heterocycles. The molecule has 0 saturated heterocycles. The van der Waals surface area contributed by atoms with Crippen LogP contribution in [0.1, 0.15) is 30.9 Å². The number of aryl methyl sites for hydroxylation is 1. The van der Waals surface area contributed by atoms with E-state index in [1.165, 1.54) is 11.1 Å². The van der Waals surface area contributed by atoms with Gasteiger partial charge in [-0.2, -0.15) is 0 Å². The minimum Gasteiger partial charge on any atom is -0.249 e. The zero-order valence-corrected chi connectivity index (χ0v) is 8.64. The first kappa shape index (κ1) is 8.72. The predicted molar refractivity (Wildman–Crippen MR) is 50.8 cm³/mol. The van der Waals surface area contributed by atoms with Crippen molar-refractivity contribution in [1.82, 2.24) is 4.98 Å². The fraction of sp³-hybridized carbons (Fsp3) is 0.444. The fourth-order valence-corrected chi connectivity index (χ4v) is 1.65. The van der Waals surface area contributed by atoms with Crippen LogP contribution in [0.2, 0.25) is 0 Å². The highest BCUT2D eigenvalue weighted by Gasteiger charge is 2.04. The van der Waals surface area contributed by atoms with E-state index < -0.39 is 0 Å². The number of hydrogen-bond donors (Lipinski definition) is 0. The molecule has 1 heterocycles. The van der Waals surface area contributed by atoms with Crippen molar-refractivity contribution in [2.75, 3.05) is 0 Å². The number of hydrogen-bond acceptors (Lipinski definition) is 1. The van der Waals surface area contributed by atoms with Crippen LogP contribution in [-0.2, 0) is 0 Å². The zero-order chi connectivity index (χ0) is 8.43. The molecule has 0 aliphatic rings. The summed E-state index contributed by atoms with van der Waals surface area (Å²) in [5.41, 5.74) is 2.50. The topological polar surface area (TPSA) is 12.9 Å². The molecular formula is C9H12BrN. The first-order chi connectivity index (χ1) is 5.11. The van der Waals surface area contributed by atoms with Crippen LogP contribution in [-0.4, -0.2) is 4.98 Å². The largest absolute Gasteiger partial charge is 0.249 e. The Morgan fingerprint density at radius 3 is 2.55 bits per heavy atom. The number of nitrogens with zero attached hydrogens (tertiary/aromatic N) is 1. The molecule has 0 atom stereocenters. The third-order valence-corrected chi connectivity index (χ3v) is 2.29. The maximum atomic E-state index is 4.22. The van der Waals surface area contributed by atoms with Crippen LogP contribution < -0.4 is 0 Å². The van der Waals surface area contributed by atoms with Gasteiger partial charge in [0.05, 0.1) is 0 Å². The summed E-state index contributed by atoms with van der Waals surface area (Å²) in [7, 11) is 0. The summed E-state index contributed by atoms with van der Waals surface area (Å²) >= 11 is 3.42. The summed E-state index contributed by atoms with van der Waals surface area (Å²) in [5, 5.41) is 0. The second-order valence-corrected chi connectivity index (χ2v) is 3.80. The Morgan fingerprint density at radius 1 is 1.45 bits per heavy atom. The van der Waals surface area contributed by atoms with Crippen molar-refractivity contribution >= 4 is 15.9 Å². The SMILES string of the molecule is Cc1cnc(Br)c(C(C)C)c1. The predicted octanol–water partition coefficient (Wildman–Crippen LogP) is 3.28. The molecule has 0 aliphatic carbocycles. The van der Waals surface area contributed by atoms with Gasteiger partial charge in [0.25, 0.3) is 0 Å². The summed E-state index contributed by atoms with van der Waals surface area (Å²) in [6.45, 7) is 6.40. The Labute approximate surface area is 76.0 Å². The van der Waals surface area contributed by atoms with Gasteiger partial charge < -0.3 is 0 Å². The van der Waals surface area contributed by atoms with E-state index in [2.05, 4.69) is 47.8 Å². The van der Waals surface area contributed by atoms with E-state index in [1.807, 2.05) is 6.20 Å². The number of aromatic nitrogens is 1. The molecule has 0 aromatic carbocycles. The van der Waals surface area contributed by atoms with Crippen molar-refractivity contribution in [1.29, 1.82) is 0 Å². The van der Waals surface area contributed by atoms with Crippen molar-refractivity contribution in [3.05, 3.63) is 28.0 Å². The molecule has 0 N–H and O–H groups in total. The normalized spacial score (nSPS) is 10.6. The first-order valence-corrected chi connectivity index (χ1v) is 4.52. The lowest BCUT2D eigenvalue weighted by molar-refractivity contribution is 0.846. The minimum absolute atomic E-state index is 0.539. The second-order valence-electron chi connectivity index (χ2n) is 3.05. The monoisotopic (exact) mass is 213 g/mol. The Morgan fingerprint density at radius 2 is 2.09 bits per heavy atom. The molecule has 1 rings (SSSR count). The van der Waals surface area contributed by atoms with Crippen LogP contribution in [0.4, 0.5) is 0 Å². The highest BCUT2D eigenvalue weighted by Crippen LogP contribution is 2.22. The standard InChI is InChI=1S/C9H12BrN/c1-6(2)8-4-7(3)5-11-9(8)10/h4-6H,1-3H3. The van der Waals surface area contributed by atoms with E-state index in [4.69, 9.17) is 0 Å². The Hall–Kier alpha value is -0.370. The number of pyridine rings is 1. The molecule has 0 amide bonds. The van der Waals surface area contributed by atoms with Gasteiger partial charge in [-0.05, 0) is 39.9 Å². The van der Waals surface area contributed by atoms with Gasteiger partial charge in [-0.25, -0.2) is 4.98 Å². The van der Waals surface area contributed by atoms with E-state index >= 15 is 0 Å². The summed E-state index contributed by atoms with van der Waals surface area (Å²) < 4.78 is 0.970. The molecule has 0 fully saturated rings. The van der Waals surface area contributed by atoms with Crippen LogP contribution in [0.15, 0.2) is 16.9 Å². The Bertz CT molecular complexity index is 256. The van der Waals surface area contributed by atoms with Crippen LogP contribution >= 0.6 is 15.9 Å². The summed E-state index contributed by atoms with van der Waals surface area (Å²) in [5.74, 6) is 0.539. The van der Waals surface area contributed by atoms with Crippen LogP contribution in [0.5, 0.6) is 0 Å². The van der Waals surface area contributed by atoms with Crippen molar-refractivity contribution in [3.8, 4) is 0 Å². The lowest BCUT2D eigenvalue weighted by Crippen LogP contribution is -1.92. The number of halogens is 1. The molecule has 2 heteroatoms. The molecule has 0 unspecified atom stereocenters. The second kappa shape index (κ2) is 3.35. The van der Waals surface area contributed by atoms with E-state index in [-0.39, 0.29) is 0 Å². The zero-order valence-electron chi connectivity index (χ0n) is 7.06. The van der Waals surface area contributed by atoms with E-state index in [0.717, 1.165) is 4.60 Å². The van der Waals surface area contributed by atoms with Crippen molar-refractivity contribution in [3.63, 3.8) is 0 Å². The third kappa shape index (κ3) is 2.03. The quantitative estimate of drug-likeness (QED) is 0.653. The Kier molecular flexibility index (Phi) is 2.66. The average molecular weight is 214 g/mol. The van der Waals surface area contributed by atoms with E-state index in [0.29, 0.717) is 5.92 Å². The van der Waals surface area contributed by atoms with Gasteiger partial charge in [0.15, 0.2) is 0 Å². The van der Waals surface area contributed by atoms with Crippen molar-refractivity contribution < 1.29 is 0 Å². The lowest BCUT2D eigenvalue weighted by Gasteiger charge is -2.07. The lowest BCUT2D eigenvalue weighted by atomic mass is 10.0.